The summed E-state index contributed by atoms with van der Waals surface area (Å²) in [7, 11) is 0. The van der Waals surface area contributed by atoms with Crippen molar-refractivity contribution in [2.24, 2.45) is 5.92 Å². The van der Waals surface area contributed by atoms with Gasteiger partial charge >= 0.3 is 0 Å². The standard InChI is InChI=1S/C26H28Cl2N2O3/c1-15(2)33-24-23(27)20-13-18(9-12-22(20)30-25(24)28)26(32,17-7-5-4-6-8-17)19-10-11-21(16(3)31)29-14-19/h4-9,12-13,15,19,21,29,32H,10-11,14H2,1-3H3. The van der Waals surface area contributed by atoms with Crippen LogP contribution >= 0.6 is 23.2 Å². The Morgan fingerprint density at radius 2 is 1.88 bits per heavy atom. The number of carbonyl (C=O) groups excluding carboxylic acids is 1. The van der Waals surface area contributed by atoms with Gasteiger partial charge in [0.1, 0.15) is 11.4 Å². The Balaban J connectivity index is 1.84. The van der Waals surface area contributed by atoms with Gasteiger partial charge in [0.25, 0.3) is 0 Å². The summed E-state index contributed by atoms with van der Waals surface area (Å²) >= 11 is 13.1. The van der Waals surface area contributed by atoms with E-state index in [4.69, 9.17) is 27.9 Å². The molecular weight excluding hydrogens is 459 g/mol. The van der Waals surface area contributed by atoms with Gasteiger partial charge in [-0.15, -0.1) is 0 Å². The van der Waals surface area contributed by atoms with Gasteiger partial charge in [0, 0.05) is 17.8 Å². The number of nitrogens with one attached hydrogen (secondary N) is 1. The summed E-state index contributed by atoms with van der Waals surface area (Å²) < 4.78 is 5.81. The zero-order chi connectivity index (χ0) is 23.8. The van der Waals surface area contributed by atoms with E-state index in [1.807, 2.05) is 62.4 Å². The van der Waals surface area contributed by atoms with Crippen LogP contribution in [0.2, 0.25) is 10.2 Å². The number of hydrogen-bond acceptors (Lipinski definition) is 5. The maximum absolute atomic E-state index is 12.3. The monoisotopic (exact) mass is 486 g/mol. The van der Waals surface area contributed by atoms with Crippen LogP contribution in [0.3, 0.4) is 0 Å². The molecule has 0 amide bonds. The number of rotatable bonds is 6. The smallest absolute Gasteiger partial charge is 0.176 e. The molecule has 0 aliphatic carbocycles. The molecule has 0 spiro atoms. The predicted octanol–water partition coefficient (Wildman–Crippen LogP) is 5.52. The lowest BCUT2D eigenvalue weighted by molar-refractivity contribution is -0.120. The SMILES string of the molecule is CC(=O)C1CCC(C(O)(c2ccccc2)c2ccc3nc(Cl)c(OC(C)C)c(Cl)c3c2)CN1. The summed E-state index contributed by atoms with van der Waals surface area (Å²) in [6.07, 6.45) is 1.26. The average molecular weight is 487 g/mol. The Kier molecular flexibility index (Phi) is 6.96. The van der Waals surface area contributed by atoms with Crippen molar-refractivity contribution < 1.29 is 14.6 Å². The van der Waals surface area contributed by atoms with Crippen molar-refractivity contribution in [2.45, 2.75) is 51.4 Å². The van der Waals surface area contributed by atoms with E-state index in [1.165, 1.54) is 0 Å². The number of piperidine rings is 1. The average Bonchev–Trinajstić information content (AvgIpc) is 2.81. The van der Waals surface area contributed by atoms with Crippen LogP contribution < -0.4 is 10.1 Å². The molecule has 1 fully saturated rings. The van der Waals surface area contributed by atoms with Crippen LogP contribution in [0.4, 0.5) is 0 Å². The third kappa shape index (κ3) is 4.60. The van der Waals surface area contributed by atoms with Crippen LogP contribution in [0.5, 0.6) is 5.75 Å². The number of benzene rings is 2. The number of pyridine rings is 1. The van der Waals surface area contributed by atoms with Crippen LogP contribution in [0.15, 0.2) is 48.5 Å². The number of Topliss-reactive ketones (excluding diaryl/α,β-unsaturated/α-hetero) is 1. The Morgan fingerprint density at radius 1 is 1.15 bits per heavy atom. The zero-order valence-electron chi connectivity index (χ0n) is 18.9. The maximum atomic E-state index is 12.3. The van der Waals surface area contributed by atoms with Crippen molar-refractivity contribution in [1.82, 2.24) is 10.3 Å². The second kappa shape index (κ2) is 9.59. The summed E-state index contributed by atoms with van der Waals surface area (Å²) in [6.45, 7) is 5.90. The van der Waals surface area contributed by atoms with Crippen LogP contribution in [0.25, 0.3) is 10.9 Å². The van der Waals surface area contributed by atoms with Crippen LogP contribution in [-0.4, -0.2) is 34.6 Å². The second-order valence-corrected chi connectivity index (χ2v) is 9.66. The molecule has 3 unspecified atom stereocenters. The number of carbonyl (C=O) groups is 1. The normalized spacial score (nSPS) is 20.6. The first-order chi connectivity index (χ1) is 15.7. The van der Waals surface area contributed by atoms with Gasteiger partial charge in [-0.1, -0.05) is 59.6 Å². The molecule has 2 heterocycles. The molecule has 3 aromatic rings. The van der Waals surface area contributed by atoms with Crippen molar-refractivity contribution in [1.29, 1.82) is 0 Å². The van der Waals surface area contributed by atoms with Gasteiger partial charge in [0.2, 0.25) is 0 Å². The number of aliphatic hydroxyl groups is 1. The van der Waals surface area contributed by atoms with E-state index in [-0.39, 0.29) is 29.0 Å². The molecule has 2 N–H and O–H groups in total. The van der Waals surface area contributed by atoms with Gasteiger partial charge in [-0.3, -0.25) is 4.79 Å². The molecular formula is C26H28Cl2N2O3. The van der Waals surface area contributed by atoms with E-state index < -0.39 is 5.60 Å². The topological polar surface area (TPSA) is 71.5 Å². The van der Waals surface area contributed by atoms with Crippen LogP contribution in [0, 0.1) is 5.92 Å². The minimum absolute atomic E-state index is 0.119. The molecule has 0 saturated carbocycles. The van der Waals surface area contributed by atoms with E-state index in [9.17, 15) is 9.90 Å². The number of ketones is 1. The number of aromatic nitrogens is 1. The Bertz CT molecular complexity index is 1160. The molecule has 1 saturated heterocycles. The van der Waals surface area contributed by atoms with Gasteiger partial charge in [-0.05, 0) is 56.9 Å². The maximum Gasteiger partial charge on any atom is 0.176 e. The molecule has 5 nitrogen and oxygen atoms in total. The van der Waals surface area contributed by atoms with Crippen molar-refractivity contribution >= 4 is 39.9 Å². The van der Waals surface area contributed by atoms with Gasteiger partial charge in [-0.25, -0.2) is 4.98 Å². The molecule has 3 atom stereocenters. The number of halogens is 2. The number of ether oxygens (including phenoxy) is 1. The highest BCUT2D eigenvalue weighted by Gasteiger charge is 2.42. The summed E-state index contributed by atoms with van der Waals surface area (Å²) in [5, 5.41) is 16.8. The first kappa shape index (κ1) is 24.0. The largest absolute Gasteiger partial charge is 0.486 e. The van der Waals surface area contributed by atoms with Crippen molar-refractivity contribution in [3.63, 3.8) is 0 Å². The minimum Gasteiger partial charge on any atom is -0.486 e. The Morgan fingerprint density at radius 3 is 2.48 bits per heavy atom. The lowest BCUT2D eigenvalue weighted by atomic mass is 9.72. The van der Waals surface area contributed by atoms with Crippen molar-refractivity contribution in [3.05, 3.63) is 69.8 Å². The molecule has 0 bridgehead atoms. The molecule has 1 aliphatic heterocycles. The zero-order valence-corrected chi connectivity index (χ0v) is 20.5. The molecule has 2 aromatic carbocycles. The number of fused-ring (bicyclic) bond motifs is 1. The number of hydrogen-bond donors (Lipinski definition) is 2. The molecule has 174 valence electrons. The fourth-order valence-electron chi connectivity index (χ4n) is 4.64. The van der Waals surface area contributed by atoms with Crippen molar-refractivity contribution in [2.75, 3.05) is 6.54 Å². The predicted molar refractivity (Wildman–Crippen MR) is 132 cm³/mol. The highest BCUT2D eigenvalue weighted by atomic mass is 35.5. The first-order valence-electron chi connectivity index (χ1n) is 11.2. The summed E-state index contributed by atoms with van der Waals surface area (Å²) in [5.41, 5.74) is 0.829. The highest BCUT2D eigenvalue weighted by molar-refractivity contribution is 6.40. The first-order valence-corrected chi connectivity index (χ1v) is 11.9. The lowest BCUT2D eigenvalue weighted by Gasteiger charge is -2.41. The lowest BCUT2D eigenvalue weighted by Crippen LogP contribution is -2.50. The van der Waals surface area contributed by atoms with Crippen LogP contribution in [0.1, 0.15) is 44.7 Å². The van der Waals surface area contributed by atoms with E-state index in [1.54, 1.807) is 6.92 Å². The van der Waals surface area contributed by atoms with E-state index in [0.717, 1.165) is 5.56 Å². The van der Waals surface area contributed by atoms with Crippen LogP contribution in [-0.2, 0) is 10.4 Å². The fraction of sp³-hybridized carbons (Fsp3) is 0.385. The summed E-state index contributed by atoms with van der Waals surface area (Å²) in [6, 6.07) is 15.0. The van der Waals surface area contributed by atoms with Crippen molar-refractivity contribution in [3.8, 4) is 5.75 Å². The fourth-order valence-corrected chi connectivity index (χ4v) is 5.21. The van der Waals surface area contributed by atoms with E-state index in [0.29, 0.717) is 46.6 Å². The molecule has 1 aliphatic rings. The third-order valence-corrected chi connectivity index (χ3v) is 6.97. The number of nitrogens with zero attached hydrogens (tertiary/aromatic N) is 1. The van der Waals surface area contributed by atoms with Gasteiger partial charge in [0.05, 0.1) is 22.7 Å². The third-order valence-electron chi connectivity index (χ3n) is 6.34. The minimum atomic E-state index is -1.29. The van der Waals surface area contributed by atoms with Gasteiger partial charge in [0.15, 0.2) is 10.9 Å². The molecule has 0 radical (unpaired) electrons. The van der Waals surface area contributed by atoms with E-state index in [2.05, 4.69) is 10.3 Å². The van der Waals surface area contributed by atoms with E-state index >= 15 is 0 Å². The van der Waals surface area contributed by atoms with Gasteiger partial charge < -0.3 is 15.2 Å². The second-order valence-electron chi connectivity index (χ2n) is 8.92. The molecule has 4 rings (SSSR count). The Hall–Kier alpha value is -2.18. The van der Waals surface area contributed by atoms with Gasteiger partial charge in [-0.2, -0.15) is 0 Å². The summed E-state index contributed by atoms with van der Waals surface area (Å²) in [5.74, 6) is 0.318. The highest BCUT2D eigenvalue weighted by Crippen LogP contribution is 2.44. The summed E-state index contributed by atoms with van der Waals surface area (Å²) in [4.78, 5) is 16.3. The quantitative estimate of drug-likeness (QED) is 0.448. The molecule has 33 heavy (non-hydrogen) atoms. The molecule has 7 heteroatoms. The molecule has 1 aromatic heterocycles. The Labute approximate surface area is 204 Å².